The fourth-order valence-electron chi connectivity index (χ4n) is 4.65. The number of hydrogen-bond acceptors (Lipinski definition) is 2. The van der Waals surface area contributed by atoms with Crippen molar-refractivity contribution in [3.05, 3.63) is 118 Å². The molecule has 1 aliphatic rings. The number of aliphatic hydroxyl groups is 2. The van der Waals surface area contributed by atoms with Crippen molar-refractivity contribution in [2.75, 3.05) is 0 Å². The molecule has 0 amide bonds. The van der Waals surface area contributed by atoms with Crippen LogP contribution in [-0.4, -0.2) is 10.2 Å². The topological polar surface area (TPSA) is 40.5 Å². The van der Waals surface area contributed by atoms with Gasteiger partial charge in [-0.05, 0) is 46.9 Å². The van der Waals surface area contributed by atoms with Gasteiger partial charge in [0.2, 0.25) is 0 Å². The average molecular weight is 366 g/mol. The van der Waals surface area contributed by atoms with Crippen molar-refractivity contribution < 1.29 is 10.2 Å². The SMILES string of the molecule is Cc1ccc(C2(O)c3cccc4cccc(c34)C2(O)c2ccc(C)cc2)cc1. The molecule has 1 aliphatic carbocycles. The van der Waals surface area contributed by atoms with E-state index < -0.39 is 11.2 Å². The summed E-state index contributed by atoms with van der Waals surface area (Å²) in [5.74, 6) is 0. The second-order valence-corrected chi connectivity index (χ2v) is 7.86. The van der Waals surface area contributed by atoms with E-state index in [1.165, 1.54) is 0 Å². The van der Waals surface area contributed by atoms with Crippen molar-refractivity contribution in [3.8, 4) is 0 Å². The highest BCUT2D eigenvalue weighted by Crippen LogP contribution is 2.57. The van der Waals surface area contributed by atoms with Crippen LogP contribution in [0.4, 0.5) is 0 Å². The molecule has 0 saturated heterocycles. The van der Waals surface area contributed by atoms with Crippen LogP contribution >= 0.6 is 0 Å². The number of benzene rings is 4. The van der Waals surface area contributed by atoms with Gasteiger partial charge in [-0.2, -0.15) is 0 Å². The van der Waals surface area contributed by atoms with Gasteiger partial charge >= 0.3 is 0 Å². The fraction of sp³-hybridized carbons (Fsp3) is 0.154. The monoisotopic (exact) mass is 366 g/mol. The molecule has 2 atom stereocenters. The van der Waals surface area contributed by atoms with Gasteiger partial charge in [0.05, 0.1) is 0 Å². The lowest BCUT2D eigenvalue weighted by Crippen LogP contribution is -2.47. The molecule has 0 spiro atoms. The quantitative estimate of drug-likeness (QED) is 0.527. The molecule has 5 rings (SSSR count). The highest BCUT2D eigenvalue weighted by atomic mass is 16.4. The van der Waals surface area contributed by atoms with Gasteiger partial charge in [-0.25, -0.2) is 0 Å². The molecule has 2 N–H and O–H groups in total. The summed E-state index contributed by atoms with van der Waals surface area (Å²) >= 11 is 0. The molecule has 138 valence electrons. The summed E-state index contributed by atoms with van der Waals surface area (Å²) in [5, 5.41) is 26.5. The fourth-order valence-corrected chi connectivity index (χ4v) is 4.65. The first kappa shape index (κ1) is 17.2. The molecule has 0 radical (unpaired) electrons. The summed E-state index contributed by atoms with van der Waals surface area (Å²) < 4.78 is 0. The first-order valence-electron chi connectivity index (χ1n) is 9.58. The van der Waals surface area contributed by atoms with Crippen molar-refractivity contribution in [3.63, 3.8) is 0 Å². The van der Waals surface area contributed by atoms with Crippen molar-refractivity contribution >= 4 is 10.8 Å². The number of aryl methyl sites for hydroxylation is 2. The van der Waals surface area contributed by atoms with Crippen molar-refractivity contribution in [1.82, 2.24) is 0 Å². The van der Waals surface area contributed by atoms with Gasteiger partial charge in [0, 0.05) is 0 Å². The van der Waals surface area contributed by atoms with Crippen LogP contribution < -0.4 is 0 Å². The Morgan fingerprint density at radius 2 is 0.929 bits per heavy atom. The van der Waals surface area contributed by atoms with Gasteiger partial charge in [-0.15, -0.1) is 0 Å². The molecule has 4 aromatic rings. The Morgan fingerprint density at radius 1 is 0.536 bits per heavy atom. The molecule has 0 bridgehead atoms. The van der Waals surface area contributed by atoms with E-state index in [2.05, 4.69) is 0 Å². The summed E-state index contributed by atoms with van der Waals surface area (Å²) in [6.07, 6.45) is 0. The van der Waals surface area contributed by atoms with E-state index in [-0.39, 0.29) is 0 Å². The first-order chi connectivity index (χ1) is 13.5. The molecule has 4 aromatic carbocycles. The highest BCUT2D eigenvalue weighted by Gasteiger charge is 2.59. The Bertz CT molecular complexity index is 1100. The van der Waals surface area contributed by atoms with E-state index in [1.807, 2.05) is 98.8 Å². The van der Waals surface area contributed by atoms with E-state index in [0.29, 0.717) is 11.1 Å². The van der Waals surface area contributed by atoms with Gasteiger partial charge in [-0.3, -0.25) is 0 Å². The molecule has 0 aromatic heterocycles. The predicted molar refractivity (Wildman–Crippen MR) is 112 cm³/mol. The second kappa shape index (κ2) is 5.78. The molecule has 28 heavy (non-hydrogen) atoms. The largest absolute Gasteiger partial charge is 0.377 e. The number of rotatable bonds is 2. The second-order valence-electron chi connectivity index (χ2n) is 7.86. The van der Waals surface area contributed by atoms with E-state index in [0.717, 1.165) is 33.0 Å². The summed E-state index contributed by atoms with van der Waals surface area (Å²) in [6, 6.07) is 27.4. The standard InChI is InChI=1S/C26H22O2/c1-17-9-13-20(14-10-17)25(27)22-7-3-5-19-6-4-8-23(24(19)22)26(25,28)21-15-11-18(2)12-16-21/h3-16,27-28H,1-2H3. The van der Waals surface area contributed by atoms with Crippen LogP contribution in [0.2, 0.25) is 0 Å². The highest BCUT2D eigenvalue weighted by molar-refractivity contribution is 5.95. The van der Waals surface area contributed by atoms with Crippen LogP contribution in [0.3, 0.4) is 0 Å². The van der Waals surface area contributed by atoms with Crippen molar-refractivity contribution in [2.45, 2.75) is 25.0 Å². The Hall–Kier alpha value is -2.94. The lowest BCUT2D eigenvalue weighted by atomic mass is 9.71. The van der Waals surface area contributed by atoms with E-state index >= 15 is 0 Å². The van der Waals surface area contributed by atoms with Crippen molar-refractivity contribution in [2.24, 2.45) is 0 Å². The van der Waals surface area contributed by atoms with Gasteiger partial charge < -0.3 is 10.2 Å². The Balaban J connectivity index is 1.91. The summed E-state index contributed by atoms with van der Waals surface area (Å²) in [4.78, 5) is 0. The Morgan fingerprint density at radius 3 is 1.32 bits per heavy atom. The maximum Gasteiger partial charge on any atom is 0.152 e. The molecule has 2 heteroatoms. The molecule has 0 saturated carbocycles. The van der Waals surface area contributed by atoms with E-state index in [9.17, 15) is 10.2 Å². The van der Waals surface area contributed by atoms with Crippen LogP contribution in [0.5, 0.6) is 0 Å². The minimum absolute atomic E-state index is 0.685. The Kier molecular flexibility index (Phi) is 3.54. The van der Waals surface area contributed by atoms with Crippen LogP contribution in [0.25, 0.3) is 10.8 Å². The zero-order chi connectivity index (χ0) is 19.5. The minimum atomic E-state index is -1.58. The molecule has 0 fully saturated rings. The summed E-state index contributed by atoms with van der Waals surface area (Å²) in [5.41, 5.74) is 1.91. The third-order valence-electron chi connectivity index (χ3n) is 6.15. The van der Waals surface area contributed by atoms with Crippen LogP contribution in [-0.2, 0) is 11.2 Å². The maximum atomic E-state index is 12.3. The normalized spacial score (nSPS) is 23.3. The number of hydrogen-bond donors (Lipinski definition) is 2. The molecule has 2 nitrogen and oxygen atoms in total. The summed E-state index contributed by atoms with van der Waals surface area (Å²) in [7, 11) is 0. The van der Waals surface area contributed by atoms with Crippen LogP contribution in [0, 0.1) is 13.8 Å². The van der Waals surface area contributed by atoms with Crippen LogP contribution in [0.1, 0.15) is 33.4 Å². The van der Waals surface area contributed by atoms with Gasteiger partial charge in [0.1, 0.15) is 0 Å². The van der Waals surface area contributed by atoms with Crippen molar-refractivity contribution in [1.29, 1.82) is 0 Å². The molecule has 0 aliphatic heterocycles. The third kappa shape index (κ3) is 2.05. The van der Waals surface area contributed by atoms with Gasteiger partial charge in [0.15, 0.2) is 11.2 Å². The maximum absolute atomic E-state index is 12.3. The summed E-state index contributed by atoms with van der Waals surface area (Å²) in [6.45, 7) is 4.04. The molecular formula is C26H22O2. The molecule has 2 unspecified atom stereocenters. The van der Waals surface area contributed by atoms with Gasteiger partial charge in [-0.1, -0.05) is 96.1 Å². The lowest BCUT2D eigenvalue weighted by molar-refractivity contribution is -0.105. The first-order valence-corrected chi connectivity index (χ1v) is 9.58. The minimum Gasteiger partial charge on any atom is -0.377 e. The smallest absolute Gasteiger partial charge is 0.152 e. The van der Waals surface area contributed by atoms with E-state index in [1.54, 1.807) is 0 Å². The Labute approximate surface area is 164 Å². The lowest BCUT2D eigenvalue weighted by Gasteiger charge is -2.40. The van der Waals surface area contributed by atoms with Crippen LogP contribution in [0.15, 0.2) is 84.9 Å². The van der Waals surface area contributed by atoms with Gasteiger partial charge in [0.25, 0.3) is 0 Å². The average Bonchev–Trinajstić information content (AvgIpc) is 2.92. The third-order valence-corrected chi connectivity index (χ3v) is 6.15. The molecule has 0 heterocycles. The zero-order valence-electron chi connectivity index (χ0n) is 16.0. The zero-order valence-corrected chi connectivity index (χ0v) is 16.0. The molecular weight excluding hydrogens is 344 g/mol. The predicted octanol–water partition coefficient (Wildman–Crippen LogP) is 4.94. The van der Waals surface area contributed by atoms with E-state index in [4.69, 9.17) is 0 Å².